The van der Waals surface area contributed by atoms with Crippen LogP contribution in [0, 0.1) is 5.92 Å². The molecule has 1 saturated heterocycles. The maximum Gasteiger partial charge on any atom is 0.324 e. The van der Waals surface area contributed by atoms with Gasteiger partial charge in [-0.3, -0.25) is 4.90 Å². The summed E-state index contributed by atoms with van der Waals surface area (Å²) in [6, 6.07) is 7.61. The van der Waals surface area contributed by atoms with Crippen molar-refractivity contribution in [1.29, 1.82) is 0 Å². The van der Waals surface area contributed by atoms with E-state index in [1.165, 1.54) is 20.1 Å². The number of aromatic nitrogens is 2. The summed E-state index contributed by atoms with van der Waals surface area (Å²) >= 11 is 0. The maximum atomic E-state index is 14.0. The van der Waals surface area contributed by atoms with Gasteiger partial charge < -0.3 is 14.2 Å². The lowest BCUT2D eigenvalue weighted by Crippen LogP contribution is -2.51. The van der Waals surface area contributed by atoms with Crippen LogP contribution in [-0.2, 0) is 15.5 Å². The molecule has 33 heavy (non-hydrogen) atoms. The first-order valence-corrected chi connectivity index (χ1v) is 13.4. The number of piperazine rings is 1. The second-order valence-corrected chi connectivity index (χ2v) is 11.6. The summed E-state index contributed by atoms with van der Waals surface area (Å²) in [7, 11) is -3.19. The number of benzene rings is 1. The van der Waals surface area contributed by atoms with Crippen LogP contribution < -0.4 is 9.64 Å². The van der Waals surface area contributed by atoms with Gasteiger partial charge in [0, 0.05) is 38.5 Å². The highest BCUT2D eigenvalue weighted by Crippen LogP contribution is 2.30. The average Bonchev–Trinajstić information content (AvgIpc) is 3.29. The van der Waals surface area contributed by atoms with Crippen LogP contribution in [0.4, 0.5) is 10.4 Å². The molecule has 4 rings (SSSR count). The van der Waals surface area contributed by atoms with Gasteiger partial charge in [0.2, 0.25) is 5.82 Å². The number of rotatable bonds is 7. The molecule has 0 amide bonds. The second kappa shape index (κ2) is 9.58. The molecule has 2 fully saturated rings. The van der Waals surface area contributed by atoms with Gasteiger partial charge in [-0.1, -0.05) is 5.16 Å². The molecule has 0 atom stereocenters. The Kier molecular flexibility index (Phi) is 6.95. The predicted octanol–water partition coefficient (Wildman–Crippen LogP) is 3.44. The standard InChI is InChI=1S/C23H33FN4O4S/c1-23(2,24)21-25-22(32-26-21)28-14-12-27(13-15-28)18-6-4-17(5-7-18)16-31-19-8-10-20(11-9-19)33(3,29)30/h8-11,17-18H,4-7,12-16H2,1-3H3/t17-,18-. The average molecular weight is 481 g/mol. The van der Waals surface area contributed by atoms with Crippen LogP contribution in [0.1, 0.15) is 45.4 Å². The van der Waals surface area contributed by atoms with Crippen molar-refractivity contribution < 1.29 is 22.1 Å². The van der Waals surface area contributed by atoms with Crippen molar-refractivity contribution in [2.75, 3.05) is 43.9 Å². The van der Waals surface area contributed by atoms with E-state index in [2.05, 4.69) is 15.0 Å². The van der Waals surface area contributed by atoms with Crippen LogP contribution in [-0.4, -0.2) is 68.5 Å². The summed E-state index contributed by atoms with van der Waals surface area (Å²) in [6.45, 7) is 6.95. The Morgan fingerprint density at radius 1 is 1.09 bits per heavy atom. The van der Waals surface area contributed by atoms with Crippen LogP contribution in [0.5, 0.6) is 5.75 Å². The second-order valence-electron chi connectivity index (χ2n) is 9.63. The van der Waals surface area contributed by atoms with Crippen molar-refractivity contribution in [2.24, 2.45) is 5.92 Å². The summed E-state index contributed by atoms with van der Waals surface area (Å²) in [5, 5.41) is 3.78. The molecule has 1 aliphatic heterocycles. The minimum Gasteiger partial charge on any atom is -0.493 e. The molecule has 8 nitrogen and oxygen atoms in total. The van der Waals surface area contributed by atoms with Gasteiger partial charge in [0.1, 0.15) is 5.75 Å². The van der Waals surface area contributed by atoms with Crippen LogP contribution in [0.3, 0.4) is 0 Å². The number of hydrogen-bond acceptors (Lipinski definition) is 8. The van der Waals surface area contributed by atoms with Gasteiger partial charge in [0.15, 0.2) is 15.5 Å². The molecule has 0 bridgehead atoms. The number of nitrogens with zero attached hydrogens (tertiary/aromatic N) is 4. The fourth-order valence-corrected chi connectivity index (χ4v) is 5.17. The fraction of sp³-hybridized carbons (Fsp3) is 0.652. The zero-order chi connectivity index (χ0) is 23.6. The zero-order valence-electron chi connectivity index (χ0n) is 19.5. The van der Waals surface area contributed by atoms with Crippen LogP contribution in [0.25, 0.3) is 0 Å². The quantitative estimate of drug-likeness (QED) is 0.596. The van der Waals surface area contributed by atoms with E-state index in [4.69, 9.17) is 9.26 Å². The van der Waals surface area contributed by atoms with Gasteiger partial charge in [-0.15, -0.1) is 0 Å². The summed E-state index contributed by atoms with van der Waals surface area (Å²) in [4.78, 5) is 9.10. The van der Waals surface area contributed by atoms with Crippen LogP contribution >= 0.6 is 0 Å². The van der Waals surface area contributed by atoms with E-state index < -0.39 is 15.5 Å². The summed E-state index contributed by atoms with van der Waals surface area (Å²) in [5.41, 5.74) is -1.61. The maximum absolute atomic E-state index is 14.0. The van der Waals surface area contributed by atoms with Crippen molar-refractivity contribution in [3.63, 3.8) is 0 Å². The number of alkyl halides is 1. The van der Waals surface area contributed by atoms with E-state index in [9.17, 15) is 12.8 Å². The molecule has 2 heterocycles. The number of halogens is 1. The van der Waals surface area contributed by atoms with E-state index >= 15 is 0 Å². The third kappa shape index (κ3) is 6.03. The van der Waals surface area contributed by atoms with Crippen molar-refractivity contribution in [1.82, 2.24) is 15.0 Å². The van der Waals surface area contributed by atoms with Crippen molar-refractivity contribution in [2.45, 2.75) is 56.1 Å². The molecular weight excluding hydrogens is 447 g/mol. The first-order chi connectivity index (χ1) is 15.6. The normalized spacial score (nSPS) is 23.0. The Morgan fingerprint density at radius 3 is 2.27 bits per heavy atom. The molecule has 2 aliphatic rings. The van der Waals surface area contributed by atoms with Gasteiger partial charge in [-0.25, -0.2) is 12.8 Å². The molecule has 0 unspecified atom stereocenters. The lowest BCUT2D eigenvalue weighted by molar-refractivity contribution is 0.110. The Labute approximate surface area is 195 Å². The first-order valence-electron chi connectivity index (χ1n) is 11.5. The Morgan fingerprint density at radius 2 is 1.73 bits per heavy atom. The molecule has 182 valence electrons. The molecule has 1 aromatic carbocycles. The monoisotopic (exact) mass is 480 g/mol. The number of ether oxygens (including phenoxy) is 1. The molecule has 2 aromatic rings. The molecule has 1 saturated carbocycles. The Bertz CT molecular complexity index is 1020. The van der Waals surface area contributed by atoms with Gasteiger partial charge in [0.05, 0.1) is 11.5 Å². The number of sulfone groups is 1. The molecule has 1 aliphatic carbocycles. The minimum absolute atomic E-state index is 0.0896. The molecular formula is C23H33FN4O4S. The van der Waals surface area contributed by atoms with E-state index in [0.717, 1.165) is 51.9 Å². The van der Waals surface area contributed by atoms with Gasteiger partial charge in [-0.2, -0.15) is 4.98 Å². The third-order valence-corrected chi connectivity index (χ3v) is 7.73. The predicted molar refractivity (Wildman–Crippen MR) is 123 cm³/mol. The molecule has 1 aromatic heterocycles. The number of hydrogen-bond donors (Lipinski definition) is 0. The van der Waals surface area contributed by atoms with Crippen LogP contribution in [0.15, 0.2) is 33.7 Å². The fourth-order valence-electron chi connectivity index (χ4n) is 4.54. The molecule has 0 spiro atoms. The third-order valence-electron chi connectivity index (χ3n) is 6.60. The SMILES string of the molecule is CC(C)(F)c1noc(N2CCN([C@H]3CC[C@H](COc4ccc(S(C)(=O)=O)cc4)CC3)CC2)n1. The topological polar surface area (TPSA) is 88.8 Å². The zero-order valence-corrected chi connectivity index (χ0v) is 20.4. The highest BCUT2D eigenvalue weighted by molar-refractivity contribution is 7.90. The van der Waals surface area contributed by atoms with Gasteiger partial charge >= 0.3 is 6.01 Å². The first kappa shape index (κ1) is 23.9. The largest absolute Gasteiger partial charge is 0.493 e. The Balaban J connectivity index is 1.19. The van der Waals surface area contributed by atoms with Crippen molar-refractivity contribution in [3.8, 4) is 5.75 Å². The van der Waals surface area contributed by atoms with E-state index in [-0.39, 0.29) is 5.82 Å². The smallest absolute Gasteiger partial charge is 0.324 e. The highest BCUT2D eigenvalue weighted by Gasteiger charge is 2.31. The van der Waals surface area contributed by atoms with E-state index in [1.54, 1.807) is 24.3 Å². The Hall–Kier alpha value is -2.20. The summed E-state index contributed by atoms with van der Waals surface area (Å²) in [5.74, 6) is 1.31. The van der Waals surface area contributed by atoms with Gasteiger partial charge in [0.25, 0.3) is 0 Å². The molecule has 0 N–H and O–H groups in total. The molecule has 0 radical (unpaired) electrons. The van der Waals surface area contributed by atoms with Crippen LogP contribution in [0.2, 0.25) is 0 Å². The number of anilines is 1. The van der Waals surface area contributed by atoms with Crippen molar-refractivity contribution in [3.05, 3.63) is 30.1 Å². The summed E-state index contributed by atoms with van der Waals surface area (Å²) in [6.07, 6.45) is 5.72. The van der Waals surface area contributed by atoms with Crippen molar-refractivity contribution >= 4 is 15.9 Å². The molecule has 10 heteroatoms. The summed E-state index contributed by atoms with van der Waals surface area (Å²) < 4.78 is 48.3. The highest BCUT2D eigenvalue weighted by atomic mass is 32.2. The van der Waals surface area contributed by atoms with Gasteiger partial charge in [-0.05, 0) is 69.7 Å². The van der Waals surface area contributed by atoms with E-state index in [1.807, 2.05) is 4.90 Å². The lowest BCUT2D eigenvalue weighted by Gasteiger charge is -2.41. The minimum atomic E-state index is -3.19. The lowest BCUT2D eigenvalue weighted by atomic mass is 9.85. The van der Waals surface area contributed by atoms with E-state index in [0.29, 0.717) is 35.2 Å².